The van der Waals surface area contributed by atoms with Crippen molar-refractivity contribution in [2.24, 2.45) is 0 Å². The molecule has 0 heterocycles. The van der Waals surface area contributed by atoms with Crippen LogP contribution in [0.25, 0.3) is 0 Å². The third kappa shape index (κ3) is 37.5. The number of hydrogen-bond donors (Lipinski definition) is 3. The lowest BCUT2D eigenvalue weighted by atomic mass is 10.0. The number of nitrogens with zero attached hydrogens (tertiary/aromatic N) is 1. The van der Waals surface area contributed by atoms with Crippen LogP contribution in [-0.2, 0) is 32.7 Å². The van der Waals surface area contributed by atoms with E-state index in [1.54, 1.807) is 0 Å². The van der Waals surface area contributed by atoms with Gasteiger partial charge in [-0.15, -0.1) is 0 Å². The van der Waals surface area contributed by atoms with Crippen LogP contribution in [0, 0.1) is 0 Å². The Labute approximate surface area is 340 Å². The van der Waals surface area contributed by atoms with Gasteiger partial charge < -0.3 is 29.1 Å². The van der Waals surface area contributed by atoms with E-state index < -0.39 is 44.7 Å². The zero-order chi connectivity index (χ0) is 41.8. The van der Waals surface area contributed by atoms with Gasteiger partial charge in [-0.1, -0.05) is 120 Å². The minimum atomic E-state index is -4.42. The van der Waals surface area contributed by atoms with Gasteiger partial charge in [-0.05, 0) is 70.6 Å². The molecule has 0 aliphatic heterocycles. The molecule has 0 rings (SSSR count). The first-order chi connectivity index (χ1) is 26.8. The number of carbonyl (C=O) groups is 2. The van der Waals surface area contributed by atoms with Gasteiger partial charge in [0.1, 0.15) is 19.8 Å². The summed E-state index contributed by atoms with van der Waals surface area (Å²) in [6, 6.07) is 0. The van der Waals surface area contributed by atoms with Crippen molar-refractivity contribution in [2.75, 3.05) is 47.5 Å². The standard InChI is InChI=1S/C44H80NO10P/c1-6-8-10-12-14-15-16-17-18-19-20-21-22-26-31-35-44(49)55-40(39-54-56(50,51)53-37-36-45(3,4)5)38-52-43(48)34-30-27-23-25-29-33-42(47)41(46)32-28-24-13-11-9-7-2/h8,10,14-15,17-18,24,28,40-42,46-47H,6-7,9,11-13,16,19-23,25-27,29-39H2,1-5H3/p+1/b10-8-,15-14-,18-17-,28-24-/t40-,41-,42-/m1/s1. The fourth-order valence-corrected chi connectivity index (χ4v) is 6.26. The third-order valence-corrected chi connectivity index (χ3v) is 10.0. The second-order valence-electron chi connectivity index (χ2n) is 15.7. The normalized spacial score (nSPS) is 15.2. The maximum atomic E-state index is 12.7. The van der Waals surface area contributed by atoms with Crippen LogP contribution in [0.4, 0.5) is 0 Å². The molecule has 0 aromatic rings. The lowest BCUT2D eigenvalue weighted by molar-refractivity contribution is -0.870. The van der Waals surface area contributed by atoms with Crippen molar-refractivity contribution in [1.82, 2.24) is 0 Å². The van der Waals surface area contributed by atoms with Gasteiger partial charge in [-0.3, -0.25) is 18.6 Å². The van der Waals surface area contributed by atoms with Crippen LogP contribution in [0.15, 0.2) is 48.6 Å². The van der Waals surface area contributed by atoms with E-state index in [-0.39, 0.29) is 26.1 Å². The van der Waals surface area contributed by atoms with E-state index in [0.29, 0.717) is 36.7 Å². The number of quaternary nitrogens is 1. The Kier molecular flexibility index (Phi) is 34.6. The number of hydrogen-bond acceptors (Lipinski definition) is 9. The van der Waals surface area contributed by atoms with Crippen molar-refractivity contribution < 1.29 is 52.3 Å². The number of carbonyl (C=O) groups excluding carboxylic acids is 2. The van der Waals surface area contributed by atoms with Crippen LogP contribution in [0.5, 0.6) is 0 Å². The van der Waals surface area contributed by atoms with Crippen molar-refractivity contribution in [2.45, 2.75) is 173 Å². The zero-order valence-electron chi connectivity index (χ0n) is 35.8. The predicted molar refractivity (Wildman–Crippen MR) is 227 cm³/mol. The molecule has 0 amide bonds. The van der Waals surface area contributed by atoms with Crippen molar-refractivity contribution >= 4 is 19.8 Å². The average molecular weight is 815 g/mol. The van der Waals surface area contributed by atoms with Crippen LogP contribution in [0.1, 0.15) is 155 Å². The summed E-state index contributed by atoms with van der Waals surface area (Å²) in [7, 11) is 1.37. The molecule has 0 saturated heterocycles. The fraction of sp³-hybridized carbons (Fsp3) is 0.773. The summed E-state index contributed by atoms with van der Waals surface area (Å²) in [5, 5.41) is 20.4. The third-order valence-electron chi connectivity index (χ3n) is 9.04. The number of allylic oxidation sites excluding steroid dienone is 7. The van der Waals surface area contributed by atoms with E-state index >= 15 is 0 Å². The summed E-state index contributed by atoms with van der Waals surface area (Å²) < 4.78 is 34.1. The quantitative estimate of drug-likeness (QED) is 0.0181. The fourth-order valence-electron chi connectivity index (χ4n) is 5.52. The molecule has 3 N–H and O–H groups in total. The molecule has 0 spiro atoms. The zero-order valence-corrected chi connectivity index (χ0v) is 36.7. The van der Waals surface area contributed by atoms with Crippen LogP contribution < -0.4 is 0 Å². The highest BCUT2D eigenvalue weighted by atomic mass is 31.2. The molecule has 11 nitrogen and oxygen atoms in total. The molecule has 0 aliphatic rings. The van der Waals surface area contributed by atoms with Crippen LogP contribution in [-0.4, -0.2) is 97.3 Å². The highest BCUT2D eigenvalue weighted by molar-refractivity contribution is 7.47. The van der Waals surface area contributed by atoms with E-state index in [2.05, 4.69) is 56.4 Å². The first-order valence-corrected chi connectivity index (χ1v) is 23.0. The number of phosphoric ester groups is 1. The van der Waals surface area contributed by atoms with Gasteiger partial charge in [-0.2, -0.15) is 0 Å². The maximum absolute atomic E-state index is 12.7. The van der Waals surface area contributed by atoms with Gasteiger partial charge in [0.05, 0.1) is 40.0 Å². The summed E-state index contributed by atoms with van der Waals surface area (Å²) in [6.45, 7) is 4.04. The highest BCUT2D eigenvalue weighted by Crippen LogP contribution is 2.43. The summed E-state index contributed by atoms with van der Waals surface area (Å²) in [5.41, 5.74) is 0. The minimum Gasteiger partial charge on any atom is -0.462 e. The Balaban J connectivity index is 4.52. The molecule has 4 atom stereocenters. The molecule has 0 aromatic heterocycles. The molecule has 0 aliphatic carbocycles. The number of aliphatic hydroxyl groups is 2. The van der Waals surface area contributed by atoms with Crippen LogP contribution in [0.2, 0.25) is 0 Å². The topological polar surface area (TPSA) is 149 Å². The summed E-state index contributed by atoms with van der Waals surface area (Å²) in [4.78, 5) is 35.3. The van der Waals surface area contributed by atoms with Gasteiger partial charge >= 0.3 is 19.8 Å². The highest BCUT2D eigenvalue weighted by Gasteiger charge is 2.27. The van der Waals surface area contributed by atoms with Crippen molar-refractivity contribution in [1.29, 1.82) is 0 Å². The number of ether oxygens (including phenoxy) is 2. The SMILES string of the molecule is CC/C=C\C/C=C\C/C=C\CCCCCCCC(=O)O[C@H](COC(=O)CCCCCCC[C@@H](O)[C@H](O)C/C=C\CCCCC)COP(=O)(O)OCC[N+](C)(C)C. The van der Waals surface area contributed by atoms with E-state index in [9.17, 15) is 29.3 Å². The number of phosphoric acid groups is 1. The second-order valence-corrected chi connectivity index (χ2v) is 17.1. The molecule has 0 aromatic carbocycles. The first-order valence-electron chi connectivity index (χ1n) is 21.5. The van der Waals surface area contributed by atoms with Crippen LogP contribution in [0.3, 0.4) is 0 Å². The Bertz CT molecular complexity index is 1130. The summed E-state index contributed by atoms with van der Waals surface area (Å²) in [6.07, 6.45) is 33.2. The van der Waals surface area contributed by atoms with Crippen molar-refractivity contribution in [3.63, 3.8) is 0 Å². The van der Waals surface area contributed by atoms with Gasteiger partial charge in [0.25, 0.3) is 0 Å². The molecule has 0 saturated carbocycles. The molecule has 1 unspecified atom stereocenters. The molecule has 0 fully saturated rings. The van der Waals surface area contributed by atoms with E-state index in [4.69, 9.17) is 18.5 Å². The molecular formula is C44H81NO10P+. The lowest BCUT2D eigenvalue weighted by Crippen LogP contribution is -2.37. The monoisotopic (exact) mass is 815 g/mol. The van der Waals surface area contributed by atoms with Gasteiger partial charge in [-0.25, -0.2) is 4.57 Å². The largest absolute Gasteiger partial charge is 0.472 e. The molecular weight excluding hydrogens is 733 g/mol. The van der Waals surface area contributed by atoms with Crippen LogP contribution >= 0.6 is 7.82 Å². The Morgan fingerprint density at radius 3 is 1.84 bits per heavy atom. The number of unbranched alkanes of at least 4 members (excludes halogenated alkanes) is 12. The number of esters is 2. The number of aliphatic hydroxyl groups excluding tert-OH is 2. The van der Waals surface area contributed by atoms with Gasteiger partial charge in [0, 0.05) is 12.8 Å². The van der Waals surface area contributed by atoms with Gasteiger partial charge in [0.15, 0.2) is 6.10 Å². The Morgan fingerprint density at radius 2 is 1.20 bits per heavy atom. The van der Waals surface area contributed by atoms with Crippen molar-refractivity contribution in [3.05, 3.63) is 48.6 Å². The smallest absolute Gasteiger partial charge is 0.462 e. The summed E-state index contributed by atoms with van der Waals surface area (Å²) in [5.74, 6) is -0.934. The molecule has 326 valence electrons. The Hall–Kier alpha value is -2.11. The van der Waals surface area contributed by atoms with E-state index in [0.717, 1.165) is 89.9 Å². The molecule has 0 bridgehead atoms. The molecule has 12 heteroatoms. The minimum absolute atomic E-state index is 0.000928. The van der Waals surface area contributed by atoms with E-state index in [1.165, 1.54) is 12.8 Å². The second kappa shape index (κ2) is 36.0. The van der Waals surface area contributed by atoms with Gasteiger partial charge in [0.2, 0.25) is 0 Å². The van der Waals surface area contributed by atoms with E-state index in [1.807, 2.05) is 27.2 Å². The molecule has 0 radical (unpaired) electrons. The predicted octanol–water partition coefficient (Wildman–Crippen LogP) is 9.85. The van der Waals surface area contributed by atoms with Crippen molar-refractivity contribution in [3.8, 4) is 0 Å². The lowest BCUT2D eigenvalue weighted by Gasteiger charge is -2.24. The number of rotatable bonds is 38. The first kappa shape index (κ1) is 53.9. The summed E-state index contributed by atoms with van der Waals surface area (Å²) >= 11 is 0. The Morgan fingerprint density at radius 1 is 0.643 bits per heavy atom. The average Bonchev–Trinajstić information content (AvgIpc) is 3.14. The number of likely N-dealkylation sites (N-methyl/N-ethyl adjacent to an activating group) is 1. The maximum Gasteiger partial charge on any atom is 0.472 e. The molecule has 56 heavy (non-hydrogen) atoms.